The first-order valence-corrected chi connectivity index (χ1v) is 13.2. The van der Waals surface area contributed by atoms with Crippen LogP contribution in [0.1, 0.15) is 55.6 Å². The van der Waals surface area contributed by atoms with Crippen molar-refractivity contribution < 1.29 is 13.2 Å². The highest BCUT2D eigenvalue weighted by molar-refractivity contribution is 7.91. The third-order valence-corrected chi connectivity index (χ3v) is 8.21. The molecule has 0 saturated carbocycles. The second-order valence-corrected chi connectivity index (χ2v) is 11.4. The number of hydrogen-bond acceptors (Lipinski definition) is 5. The minimum atomic E-state index is -3.33. The number of sulfone groups is 1. The van der Waals surface area contributed by atoms with Gasteiger partial charge in [-0.3, -0.25) is 4.79 Å². The SMILES string of the molecule is CCCS(=O)(=O)c1ccc(C(NC(=O)c2c(N)cccc2Cl)C2=C(C)CC(C)CN2C)cc1. The summed E-state index contributed by atoms with van der Waals surface area (Å²) in [7, 11) is -1.32. The van der Waals surface area contributed by atoms with Crippen LogP contribution in [0.2, 0.25) is 5.02 Å². The smallest absolute Gasteiger partial charge is 0.255 e. The molecule has 6 nitrogen and oxygen atoms in total. The van der Waals surface area contributed by atoms with Gasteiger partial charge in [-0.05, 0) is 55.5 Å². The minimum Gasteiger partial charge on any atom is -0.398 e. The number of halogens is 1. The molecule has 0 aliphatic carbocycles. The number of nitrogens with zero attached hydrogens (tertiary/aromatic N) is 1. The molecule has 2 aromatic rings. The predicted molar refractivity (Wildman–Crippen MR) is 134 cm³/mol. The van der Waals surface area contributed by atoms with Gasteiger partial charge in [0.1, 0.15) is 0 Å². The second-order valence-electron chi connectivity index (χ2n) is 8.85. The fourth-order valence-corrected chi connectivity index (χ4v) is 6.19. The molecule has 2 unspecified atom stereocenters. The Labute approximate surface area is 201 Å². The third kappa shape index (κ3) is 5.53. The van der Waals surface area contributed by atoms with E-state index in [0.29, 0.717) is 18.0 Å². The highest BCUT2D eigenvalue weighted by atomic mass is 35.5. The summed E-state index contributed by atoms with van der Waals surface area (Å²) in [6.07, 6.45) is 1.47. The number of carbonyl (C=O) groups is 1. The summed E-state index contributed by atoms with van der Waals surface area (Å²) in [5, 5.41) is 3.39. The molecule has 1 aliphatic heterocycles. The van der Waals surface area contributed by atoms with Crippen molar-refractivity contribution in [3.63, 3.8) is 0 Å². The quantitative estimate of drug-likeness (QED) is 0.544. The number of carbonyl (C=O) groups excluding carboxylic acids is 1. The zero-order chi connectivity index (χ0) is 24.3. The molecule has 3 rings (SSSR count). The number of allylic oxidation sites excluding steroid dienone is 1. The maximum Gasteiger partial charge on any atom is 0.255 e. The van der Waals surface area contributed by atoms with Gasteiger partial charge in [0.15, 0.2) is 9.84 Å². The van der Waals surface area contributed by atoms with Crippen LogP contribution < -0.4 is 11.1 Å². The van der Waals surface area contributed by atoms with E-state index < -0.39 is 15.9 Å². The lowest BCUT2D eigenvalue weighted by Gasteiger charge is -2.38. The van der Waals surface area contributed by atoms with Gasteiger partial charge in [-0.15, -0.1) is 0 Å². The average Bonchev–Trinajstić information content (AvgIpc) is 2.72. The number of benzene rings is 2. The maximum atomic E-state index is 13.3. The summed E-state index contributed by atoms with van der Waals surface area (Å²) >= 11 is 6.29. The van der Waals surface area contributed by atoms with Crippen LogP contribution in [-0.4, -0.2) is 38.6 Å². The number of anilines is 1. The summed E-state index contributed by atoms with van der Waals surface area (Å²) in [4.78, 5) is 15.7. The molecular weight excluding hydrogens is 458 g/mol. The number of likely N-dealkylation sites (N-methyl/N-ethyl adjacent to an activating group) is 1. The van der Waals surface area contributed by atoms with Crippen LogP contribution in [0.4, 0.5) is 5.69 Å². The number of nitrogen functional groups attached to an aromatic ring is 1. The van der Waals surface area contributed by atoms with Crippen LogP contribution in [0.25, 0.3) is 0 Å². The highest BCUT2D eigenvalue weighted by Crippen LogP contribution is 2.35. The van der Waals surface area contributed by atoms with Gasteiger partial charge in [0.25, 0.3) is 5.91 Å². The standard InChI is InChI=1S/C25H32ClN3O3S/c1-5-13-33(31,32)19-11-9-18(10-12-19)23(24-17(3)14-16(2)15-29(24)4)28-25(30)22-20(26)7-6-8-21(22)27/h6-12,16,23H,5,13-15,27H2,1-4H3,(H,28,30). The molecule has 2 aromatic carbocycles. The van der Waals surface area contributed by atoms with Crippen molar-refractivity contribution >= 4 is 33.0 Å². The molecule has 1 heterocycles. The molecule has 1 amide bonds. The molecule has 2 atom stereocenters. The summed E-state index contributed by atoms with van der Waals surface area (Å²) in [5.41, 5.74) is 9.55. The van der Waals surface area contributed by atoms with Crippen LogP contribution in [0.3, 0.4) is 0 Å². The Balaban J connectivity index is 2.05. The van der Waals surface area contributed by atoms with Gasteiger partial charge in [-0.25, -0.2) is 8.42 Å². The van der Waals surface area contributed by atoms with Crippen molar-refractivity contribution in [3.8, 4) is 0 Å². The van der Waals surface area contributed by atoms with E-state index in [2.05, 4.69) is 24.1 Å². The first-order chi connectivity index (χ1) is 15.5. The minimum absolute atomic E-state index is 0.100. The Morgan fingerprint density at radius 3 is 2.48 bits per heavy atom. The number of amides is 1. The molecule has 33 heavy (non-hydrogen) atoms. The van der Waals surface area contributed by atoms with Crippen LogP contribution in [0.15, 0.2) is 58.6 Å². The largest absolute Gasteiger partial charge is 0.398 e. The predicted octanol–water partition coefficient (Wildman–Crippen LogP) is 4.82. The Morgan fingerprint density at radius 2 is 1.91 bits per heavy atom. The van der Waals surface area contributed by atoms with E-state index in [1.54, 1.807) is 42.5 Å². The Morgan fingerprint density at radius 1 is 1.24 bits per heavy atom. The van der Waals surface area contributed by atoms with Crippen molar-refractivity contribution in [3.05, 3.63) is 69.9 Å². The van der Waals surface area contributed by atoms with Gasteiger partial charge >= 0.3 is 0 Å². The molecule has 0 bridgehead atoms. The Kier molecular flexibility index (Phi) is 7.75. The normalized spacial score (nSPS) is 17.7. The summed E-state index contributed by atoms with van der Waals surface area (Å²) in [6, 6.07) is 11.3. The number of rotatable bonds is 7. The maximum absolute atomic E-state index is 13.3. The zero-order valence-corrected chi connectivity index (χ0v) is 21.1. The first kappa shape index (κ1) is 25.1. The van der Waals surface area contributed by atoms with Crippen molar-refractivity contribution in [1.29, 1.82) is 0 Å². The lowest BCUT2D eigenvalue weighted by atomic mass is 9.90. The molecule has 1 aliphatic rings. The van der Waals surface area contributed by atoms with Gasteiger partial charge in [0.2, 0.25) is 0 Å². The second kappa shape index (κ2) is 10.2. The van der Waals surface area contributed by atoms with E-state index in [9.17, 15) is 13.2 Å². The summed E-state index contributed by atoms with van der Waals surface area (Å²) in [6.45, 7) is 6.97. The molecule has 0 saturated heterocycles. The van der Waals surface area contributed by atoms with Crippen LogP contribution in [0, 0.1) is 5.92 Å². The van der Waals surface area contributed by atoms with Gasteiger partial charge < -0.3 is 16.0 Å². The monoisotopic (exact) mass is 489 g/mol. The molecule has 0 radical (unpaired) electrons. The topological polar surface area (TPSA) is 92.5 Å². The van der Waals surface area contributed by atoms with Gasteiger partial charge in [0, 0.05) is 25.0 Å². The molecule has 8 heteroatoms. The Bertz CT molecular complexity index is 1140. The van der Waals surface area contributed by atoms with E-state index in [1.165, 1.54) is 5.57 Å². The van der Waals surface area contributed by atoms with Crippen molar-refractivity contribution in [2.24, 2.45) is 5.92 Å². The molecule has 178 valence electrons. The van der Waals surface area contributed by atoms with E-state index in [0.717, 1.165) is 24.2 Å². The molecule has 0 fully saturated rings. The molecule has 0 aromatic heterocycles. The molecular formula is C25H32ClN3O3S. The van der Waals surface area contributed by atoms with E-state index in [-0.39, 0.29) is 27.1 Å². The molecule has 0 spiro atoms. The van der Waals surface area contributed by atoms with Crippen LogP contribution >= 0.6 is 11.6 Å². The van der Waals surface area contributed by atoms with E-state index in [4.69, 9.17) is 17.3 Å². The summed E-state index contributed by atoms with van der Waals surface area (Å²) in [5.74, 6) is 0.220. The van der Waals surface area contributed by atoms with Crippen LogP contribution in [-0.2, 0) is 9.84 Å². The van der Waals surface area contributed by atoms with E-state index in [1.807, 2.05) is 14.0 Å². The van der Waals surface area contributed by atoms with Crippen molar-refractivity contribution in [2.45, 2.75) is 44.6 Å². The van der Waals surface area contributed by atoms with E-state index >= 15 is 0 Å². The highest BCUT2D eigenvalue weighted by Gasteiger charge is 2.30. The lowest BCUT2D eigenvalue weighted by molar-refractivity contribution is 0.0936. The van der Waals surface area contributed by atoms with Crippen molar-refractivity contribution in [1.82, 2.24) is 10.2 Å². The first-order valence-electron chi connectivity index (χ1n) is 11.1. The summed E-state index contributed by atoms with van der Waals surface area (Å²) < 4.78 is 25.0. The molecule has 3 N–H and O–H groups in total. The lowest BCUT2D eigenvalue weighted by Crippen LogP contribution is -2.39. The number of nitrogens with one attached hydrogen (secondary N) is 1. The van der Waals surface area contributed by atoms with Crippen molar-refractivity contribution in [2.75, 3.05) is 25.1 Å². The van der Waals surface area contributed by atoms with Crippen LogP contribution in [0.5, 0.6) is 0 Å². The van der Waals surface area contributed by atoms with Gasteiger partial charge in [-0.1, -0.05) is 49.2 Å². The fourth-order valence-electron chi connectivity index (χ4n) is 4.60. The fraction of sp³-hybridized carbons (Fsp3) is 0.400. The number of hydrogen-bond donors (Lipinski definition) is 2. The third-order valence-electron chi connectivity index (χ3n) is 5.96. The van der Waals surface area contributed by atoms with Gasteiger partial charge in [-0.2, -0.15) is 0 Å². The average molecular weight is 490 g/mol. The zero-order valence-electron chi connectivity index (χ0n) is 19.6. The van der Waals surface area contributed by atoms with Gasteiger partial charge in [0.05, 0.1) is 27.3 Å². The Hall–Kier alpha value is -2.51. The number of nitrogens with two attached hydrogens (primary N) is 1.